The summed E-state index contributed by atoms with van der Waals surface area (Å²) in [6.45, 7) is 0. The van der Waals surface area contributed by atoms with E-state index in [1.165, 1.54) is 5.56 Å². The van der Waals surface area contributed by atoms with Gasteiger partial charge >= 0.3 is 0 Å². The van der Waals surface area contributed by atoms with Crippen LogP contribution in [-0.2, 0) is 0 Å². The number of rotatable bonds is 1. The fourth-order valence-corrected chi connectivity index (χ4v) is 4.05. The monoisotopic (exact) mass is 356 g/mol. The van der Waals surface area contributed by atoms with E-state index >= 15 is 0 Å². The predicted molar refractivity (Wildman–Crippen MR) is 117 cm³/mol. The molecule has 2 aromatic heterocycles. The quantitative estimate of drug-likeness (QED) is 0.304. The molecule has 0 aliphatic carbocycles. The molecule has 2 nitrogen and oxygen atoms in total. The van der Waals surface area contributed by atoms with Crippen molar-refractivity contribution in [3.8, 4) is 11.1 Å². The number of para-hydroxylation sites is 3. The first-order valence-corrected chi connectivity index (χ1v) is 9.44. The van der Waals surface area contributed by atoms with Crippen LogP contribution in [-0.4, -0.2) is 9.97 Å². The summed E-state index contributed by atoms with van der Waals surface area (Å²) in [6.07, 6.45) is 0. The van der Waals surface area contributed by atoms with E-state index in [2.05, 4.69) is 84.9 Å². The lowest BCUT2D eigenvalue weighted by molar-refractivity contribution is 1.48. The molecule has 4 aromatic carbocycles. The van der Waals surface area contributed by atoms with Crippen LogP contribution < -0.4 is 0 Å². The van der Waals surface area contributed by atoms with Crippen LogP contribution in [0.1, 0.15) is 0 Å². The minimum Gasteiger partial charge on any atom is -0.248 e. The zero-order valence-electron chi connectivity index (χ0n) is 15.1. The maximum absolute atomic E-state index is 5.00. The molecule has 0 aliphatic heterocycles. The Morgan fingerprint density at radius 3 is 1.89 bits per heavy atom. The summed E-state index contributed by atoms with van der Waals surface area (Å²) in [6, 6.07) is 33.8. The Morgan fingerprint density at radius 2 is 1.04 bits per heavy atom. The van der Waals surface area contributed by atoms with Gasteiger partial charge in [-0.3, -0.25) is 0 Å². The number of aromatic nitrogens is 2. The van der Waals surface area contributed by atoms with Crippen molar-refractivity contribution >= 4 is 43.6 Å². The van der Waals surface area contributed by atoms with Crippen LogP contribution in [0.15, 0.2) is 97.1 Å². The molecule has 0 saturated heterocycles. The van der Waals surface area contributed by atoms with Crippen LogP contribution in [0.5, 0.6) is 0 Å². The fourth-order valence-electron chi connectivity index (χ4n) is 4.05. The van der Waals surface area contributed by atoms with Crippen LogP contribution >= 0.6 is 0 Å². The molecule has 0 N–H and O–H groups in total. The summed E-state index contributed by atoms with van der Waals surface area (Å²) >= 11 is 0. The normalized spacial score (nSPS) is 11.6. The molecule has 2 heterocycles. The first kappa shape index (κ1) is 15.3. The maximum atomic E-state index is 5.00. The van der Waals surface area contributed by atoms with E-state index in [9.17, 15) is 0 Å². The maximum Gasteiger partial charge on any atom is 0.0788 e. The van der Waals surface area contributed by atoms with Crippen LogP contribution in [0.25, 0.3) is 54.7 Å². The molecular weight excluding hydrogens is 340 g/mol. The van der Waals surface area contributed by atoms with Gasteiger partial charge in [-0.05, 0) is 35.9 Å². The molecule has 28 heavy (non-hydrogen) atoms. The molecule has 0 amide bonds. The van der Waals surface area contributed by atoms with Crippen molar-refractivity contribution in [2.24, 2.45) is 0 Å². The first-order valence-electron chi connectivity index (χ1n) is 9.44. The largest absolute Gasteiger partial charge is 0.248 e. The molecule has 0 fully saturated rings. The molecule has 2 heteroatoms. The van der Waals surface area contributed by atoms with Gasteiger partial charge in [-0.1, -0.05) is 66.7 Å². The summed E-state index contributed by atoms with van der Waals surface area (Å²) < 4.78 is 0. The highest BCUT2D eigenvalue weighted by Gasteiger charge is 2.11. The van der Waals surface area contributed by atoms with Crippen LogP contribution in [0.4, 0.5) is 0 Å². The van der Waals surface area contributed by atoms with E-state index in [0.717, 1.165) is 49.2 Å². The number of pyridine rings is 2. The topological polar surface area (TPSA) is 25.8 Å². The third-order valence-electron chi connectivity index (χ3n) is 5.40. The molecule has 0 atom stereocenters. The average Bonchev–Trinajstić information content (AvgIpc) is 2.75. The Hall–Kier alpha value is -3.78. The average molecular weight is 356 g/mol. The van der Waals surface area contributed by atoms with E-state index in [1.807, 2.05) is 12.1 Å². The minimum absolute atomic E-state index is 1.01. The van der Waals surface area contributed by atoms with E-state index in [4.69, 9.17) is 9.97 Å². The summed E-state index contributed by atoms with van der Waals surface area (Å²) in [5, 5.41) is 4.63. The smallest absolute Gasteiger partial charge is 0.0788 e. The molecule has 0 spiro atoms. The Labute approximate surface area is 162 Å². The molecule has 0 saturated carbocycles. The summed E-state index contributed by atoms with van der Waals surface area (Å²) in [4.78, 5) is 9.88. The third kappa shape index (κ3) is 2.28. The summed E-state index contributed by atoms with van der Waals surface area (Å²) in [5.74, 6) is 0. The van der Waals surface area contributed by atoms with Crippen molar-refractivity contribution in [1.29, 1.82) is 0 Å². The second-order valence-electron chi connectivity index (χ2n) is 7.11. The van der Waals surface area contributed by atoms with Gasteiger partial charge in [0.15, 0.2) is 0 Å². The highest BCUT2D eigenvalue weighted by molar-refractivity contribution is 6.07. The van der Waals surface area contributed by atoms with E-state index in [1.54, 1.807) is 0 Å². The fraction of sp³-hybridized carbons (Fsp3) is 0. The van der Waals surface area contributed by atoms with Crippen molar-refractivity contribution in [2.75, 3.05) is 0 Å². The van der Waals surface area contributed by atoms with Gasteiger partial charge in [0.25, 0.3) is 0 Å². The van der Waals surface area contributed by atoms with Crippen molar-refractivity contribution < 1.29 is 0 Å². The molecule has 6 aromatic rings. The lowest BCUT2D eigenvalue weighted by Crippen LogP contribution is -1.89. The van der Waals surface area contributed by atoms with Gasteiger partial charge in [0, 0.05) is 27.1 Å². The van der Waals surface area contributed by atoms with Gasteiger partial charge in [-0.2, -0.15) is 0 Å². The molecule has 0 unspecified atom stereocenters. The summed E-state index contributed by atoms with van der Waals surface area (Å²) in [7, 11) is 0. The second-order valence-corrected chi connectivity index (χ2v) is 7.11. The lowest BCUT2D eigenvalue weighted by atomic mass is 9.96. The molecule has 0 radical (unpaired) electrons. The Kier molecular flexibility index (Phi) is 3.20. The van der Waals surface area contributed by atoms with Gasteiger partial charge in [0.05, 0.1) is 22.1 Å². The zero-order chi connectivity index (χ0) is 18.5. The highest BCUT2D eigenvalue weighted by atomic mass is 14.7. The van der Waals surface area contributed by atoms with Gasteiger partial charge < -0.3 is 0 Å². The molecule has 0 bridgehead atoms. The number of nitrogens with zero attached hydrogens (tertiary/aromatic N) is 2. The molecule has 130 valence electrons. The Morgan fingerprint density at radius 1 is 0.429 bits per heavy atom. The predicted octanol–water partition coefficient (Wildman–Crippen LogP) is 6.76. The van der Waals surface area contributed by atoms with Gasteiger partial charge in [-0.15, -0.1) is 0 Å². The second kappa shape index (κ2) is 5.86. The van der Waals surface area contributed by atoms with Crippen molar-refractivity contribution in [2.45, 2.75) is 0 Å². The van der Waals surface area contributed by atoms with Crippen molar-refractivity contribution in [1.82, 2.24) is 9.97 Å². The van der Waals surface area contributed by atoms with E-state index < -0.39 is 0 Å². The van der Waals surface area contributed by atoms with Gasteiger partial charge in [-0.25, -0.2) is 9.97 Å². The minimum atomic E-state index is 1.01. The van der Waals surface area contributed by atoms with Crippen molar-refractivity contribution in [3.05, 3.63) is 97.1 Å². The number of hydrogen-bond acceptors (Lipinski definition) is 2. The SMILES string of the molecule is c1ccc2nc3cccc(-c4cccc5cc6ccccc6nc45)c3cc2c1. The zero-order valence-corrected chi connectivity index (χ0v) is 15.1. The first-order chi connectivity index (χ1) is 13.9. The molecule has 0 aliphatic rings. The number of hydrogen-bond donors (Lipinski definition) is 0. The number of benzene rings is 4. The lowest BCUT2D eigenvalue weighted by Gasteiger charge is -2.11. The highest BCUT2D eigenvalue weighted by Crippen LogP contribution is 2.34. The number of fused-ring (bicyclic) bond motifs is 4. The van der Waals surface area contributed by atoms with Gasteiger partial charge in [0.2, 0.25) is 0 Å². The summed E-state index contributed by atoms with van der Waals surface area (Å²) in [5.41, 5.74) is 6.39. The molecule has 6 rings (SSSR count). The van der Waals surface area contributed by atoms with Gasteiger partial charge in [0.1, 0.15) is 0 Å². The van der Waals surface area contributed by atoms with Crippen LogP contribution in [0.2, 0.25) is 0 Å². The van der Waals surface area contributed by atoms with Crippen LogP contribution in [0.3, 0.4) is 0 Å². The molecular formula is C26H16N2. The Bertz CT molecular complexity index is 1400. The van der Waals surface area contributed by atoms with E-state index in [-0.39, 0.29) is 0 Å². The Balaban J connectivity index is 1.72. The standard InChI is InChI=1S/C26H16N2/c1-4-13-24-17(7-1)15-19-9-5-11-21(26(19)28-24)20-10-6-14-25-22(20)16-18-8-2-3-12-23(18)27-25/h1-16H. The third-order valence-corrected chi connectivity index (χ3v) is 5.40. The van der Waals surface area contributed by atoms with Crippen LogP contribution in [0, 0.1) is 0 Å². The van der Waals surface area contributed by atoms with Crippen molar-refractivity contribution in [3.63, 3.8) is 0 Å². The van der Waals surface area contributed by atoms with E-state index in [0.29, 0.717) is 0 Å².